The fourth-order valence-corrected chi connectivity index (χ4v) is 1.74. The molecule has 0 bridgehead atoms. The molecule has 2 nitrogen and oxygen atoms in total. The fraction of sp³-hybridized carbons (Fsp3) is 0.364. The van der Waals surface area contributed by atoms with Gasteiger partial charge in [-0.3, -0.25) is 0 Å². The van der Waals surface area contributed by atoms with Gasteiger partial charge in [0.1, 0.15) is 6.61 Å². The third-order valence-corrected chi connectivity index (χ3v) is 3.05. The first-order valence-corrected chi connectivity index (χ1v) is 5.75. The minimum absolute atomic E-state index is 0.103. The van der Waals surface area contributed by atoms with Crippen LogP contribution >= 0.6 is 24.8 Å². The molecule has 0 heterocycles. The van der Waals surface area contributed by atoms with E-state index in [1.54, 1.807) is 0 Å². The highest BCUT2D eigenvalue weighted by molar-refractivity contribution is 7.82. The Hall–Kier alpha value is -0.740. The maximum Gasteiger partial charge on any atom is 0.258 e. The summed E-state index contributed by atoms with van der Waals surface area (Å²) in [7, 11) is 0. The highest BCUT2D eigenvalue weighted by Gasteiger charge is 2.39. The zero-order valence-corrected chi connectivity index (χ0v) is 9.98. The maximum absolute atomic E-state index is 5.42. The lowest BCUT2D eigenvalue weighted by molar-refractivity contribution is 0.285. The predicted octanol–water partition coefficient (Wildman–Crippen LogP) is 2.50. The molecule has 0 radical (unpaired) electrons. The first kappa shape index (κ1) is 10.8. The van der Waals surface area contributed by atoms with E-state index in [1.165, 1.54) is 0 Å². The van der Waals surface area contributed by atoms with Crippen molar-refractivity contribution in [1.29, 1.82) is 0 Å². The number of nitrogens with one attached hydrogen (secondary N) is 1. The van der Waals surface area contributed by atoms with Gasteiger partial charge in [-0.2, -0.15) is 12.6 Å². The lowest BCUT2D eigenvalue weighted by Crippen LogP contribution is -2.32. The van der Waals surface area contributed by atoms with E-state index in [0.29, 0.717) is 11.8 Å². The standard InChI is InChI=1S/C11H13NOS2/c14-10(12-11(15)6-7-11)13-8-9-4-2-1-3-5-9/h1-5,15H,6-8H2,(H,12,14). The smallest absolute Gasteiger partial charge is 0.258 e. The SMILES string of the molecule is S=C(NC1(S)CC1)OCc1ccccc1. The molecule has 4 heteroatoms. The predicted molar refractivity (Wildman–Crippen MR) is 67.9 cm³/mol. The van der Waals surface area contributed by atoms with E-state index in [0.717, 1.165) is 18.4 Å². The fourth-order valence-electron chi connectivity index (χ4n) is 1.19. The molecule has 1 aliphatic rings. The van der Waals surface area contributed by atoms with Crippen LogP contribution in [0.5, 0.6) is 0 Å². The Morgan fingerprint density at radius 2 is 2.07 bits per heavy atom. The number of thiol groups is 1. The average Bonchev–Trinajstić information content (AvgIpc) is 2.95. The van der Waals surface area contributed by atoms with E-state index in [9.17, 15) is 0 Å². The van der Waals surface area contributed by atoms with E-state index in [4.69, 9.17) is 17.0 Å². The largest absolute Gasteiger partial charge is 0.466 e. The van der Waals surface area contributed by atoms with Crippen molar-refractivity contribution >= 4 is 30.0 Å². The molecule has 0 amide bonds. The normalized spacial score (nSPS) is 16.9. The topological polar surface area (TPSA) is 21.3 Å². The zero-order chi connectivity index (χ0) is 10.7. The van der Waals surface area contributed by atoms with Gasteiger partial charge in [0.25, 0.3) is 5.17 Å². The molecule has 0 aromatic heterocycles. The summed E-state index contributed by atoms with van der Waals surface area (Å²) in [6, 6.07) is 9.96. The Kier molecular flexibility index (Phi) is 3.17. The van der Waals surface area contributed by atoms with Gasteiger partial charge in [0.15, 0.2) is 0 Å². The summed E-state index contributed by atoms with van der Waals surface area (Å²) in [5.41, 5.74) is 1.12. The van der Waals surface area contributed by atoms with Gasteiger partial charge in [-0.1, -0.05) is 30.3 Å². The van der Waals surface area contributed by atoms with Gasteiger partial charge in [0.05, 0.1) is 4.87 Å². The Labute approximate surface area is 100 Å². The van der Waals surface area contributed by atoms with Crippen LogP contribution in [0.2, 0.25) is 0 Å². The third kappa shape index (κ3) is 3.39. The van der Waals surface area contributed by atoms with Crippen LogP contribution in [0.25, 0.3) is 0 Å². The van der Waals surface area contributed by atoms with Crippen molar-refractivity contribution in [2.24, 2.45) is 0 Å². The van der Waals surface area contributed by atoms with Crippen LogP contribution in [0, 0.1) is 0 Å². The summed E-state index contributed by atoms with van der Waals surface area (Å²) in [4.78, 5) is -0.103. The van der Waals surface area contributed by atoms with Crippen LogP contribution in [0.1, 0.15) is 18.4 Å². The molecular weight excluding hydrogens is 226 g/mol. The highest BCUT2D eigenvalue weighted by atomic mass is 32.1. The summed E-state index contributed by atoms with van der Waals surface area (Å²) >= 11 is 9.47. The van der Waals surface area contributed by atoms with Gasteiger partial charge in [0.2, 0.25) is 0 Å². The van der Waals surface area contributed by atoms with Crippen molar-refractivity contribution in [3.63, 3.8) is 0 Å². The quantitative estimate of drug-likeness (QED) is 0.481. The second kappa shape index (κ2) is 4.41. The number of benzene rings is 1. The molecular formula is C11H13NOS2. The second-order valence-corrected chi connectivity index (χ2v) is 4.95. The van der Waals surface area contributed by atoms with Crippen LogP contribution in [0.15, 0.2) is 30.3 Å². The van der Waals surface area contributed by atoms with Crippen LogP contribution in [-0.2, 0) is 11.3 Å². The van der Waals surface area contributed by atoms with Gasteiger partial charge in [-0.05, 0) is 30.6 Å². The minimum Gasteiger partial charge on any atom is -0.466 e. The van der Waals surface area contributed by atoms with Gasteiger partial charge in [-0.15, -0.1) is 0 Å². The Morgan fingerprint density at radius 1 is 1.40 bits per heavy atom. The minimum atomic E-state index is -0.103. The number of rotatable bonds is 3. The molecule has 1 aliphatic carbocycles. The van der Waals surface area contributed by atoms with E-state index in [-0.39, 0.29) is 4.87 Å². The lowest BCUT2D eigenvalue weighted by atomic mass is 10.2. The van der Waals surface area contributed by atoms with Crippen LogP contribution < -0.4 is 5.32 Å². The first-order chi connectivity index (χ1) is 7.18. The molecule has 0 aliphatic heterocycles. The summed E-state index contributed by atoms with van der Waals surface area (Å²) in [6.45, 7) is 0.510. The second-order valence-electron chi connectivity index (χ2n) is 3.72. The molecule has 1 saturated carbocycles. The zero-order valence-electron chi connectivity index (χ0n) is 8.27. The Balaban J connectivity index is 1.76. The van der Waals surface area contributed by atoms with Crippen molar-refractivity contribution in [1.82, 2.24) is 5.32 Å². The van der Waals surface area contributed by atoms with Gasteiger partial charge < -0.3 is 10.1 Å². The number of ether oxygens (including phenoxy) is 1. The van der Waals surface area contributed by atoms with Crippen LogP contribution in [0.3, 0.4) is 0 Å². The summed E-state index contributed by atoms with van der Waals surface area (Å²) in [6.07, 6.45) is 2.09. The van der Waals surface area contributed by atoms with Crippen molar-refractivity contribution in [3.8, 4) is 0 Å². The molecule has 0 spiro atoms. The van der Waals surface area contributed by atoms with Gasteiger partial charge in [0, 0.05) is 0 Å². The highest BCUT2D eigenvalue weighted by Crippen LogP contribution is 2.38. The molecule has 0 atom stereocenters. The summed E-state index contributed by atoms with van der Waals surface area (Å²) < 4.78 is 5.42. The molecule has 2 rings (SSSR count). The van der Waals surface area contributed by atoms with E-state index in [2.05, 4.69) is 17.9 Å². The first-order valence-electron chi connectivity index (χ1n) is 4.89. The molecule has 15 heavy (non-hydrogen) atoms. The number of hydrogen-bond acceptors (Lipinski definition) is 3. The lowest BCUT2D eigenvalue weighted by Gasteiger charge is -2.13. The average molecular weight is 239 g/mol. The molecule has 1 fully saturated rings. The Morgan fingerprint density at radius 3 is 2.67 bits per heavy atom. The van der Waals surface area contributed by atoms with Gasteiger partial charge >= 0.3 is 0 Å². The van der Waals surface area contributed by atoms with Crippen molar-refractivity contribution in [2.45, 2.75) is 24.3 Å². The van der Waals surface area contributed by atoms with E-state index >= 15 is 0 Å². The van der Waals surface area contributed by atoms with Crippen molar-refractivity contribution in [3.05, 3.63) is 35.9 Å². The van der Waals surface area contributed by atoms with Crippen molar-refractivity contribution in [2.75, 3.05) is 0 Å². The molecule has 0 saturated heterocycles. The molecule has 1 aromatic carbocycles. The molecule has 80 valence electrons. The number of hydrogen-bond donors (Lipinski definition) is 2. The van der Waals surface area contributed by atoms with Crippen LogP contribution in [0.4, 0.5) is 0 Å². The van der Waals surface area contributed by atoms with Gasteiger partial charge in [-0.25, -0.2) is 0 Å². The monoisotopic (exact) mass is 239 g/mol. The number of thiocarbonyl (C=S) groups is 1. The summed E-state index contributed by atoms with van der Waals surface area (Å²) in [5.74, 6) is 0. The molecule has 0 unspecified atom stereocenters. The molecule has 1 aromatic rings. The van der Waals surface area contributed by atoms with E-state index < -0.39 is 0 Å². The molecule has 1 N–H and O–H groups in total. The Bertz CT molecular complexity index is 349. The third-order valence-electron chi connectivity index (χ3n) is 2.27. The summed E-state index contributed by atoms with van der Waals surface area (Å²) in [5, 5.41) is 3.51. The van der Waals surface area contributed by atoms with Crippen LogP contribution in [-0.4, -0.2) is 10.0 Å². The maximum atomic E-state index is 5.42. The van der Waals surface area contributed by atoms with Crippen molar-refractivity contribution < 1.29 is 4.74 Å². The van der Waals surface area contributed by atoms with E-state index in [1.807, 2.05) is 30.3 Å².